The number of pyridine rings is 1. The molecule has 0 aliphatic heterocycles. The van der Waals surface area contributed by atoms with Crippen LogP contribution < -0.4 is 5.32 Å². The summed E-state index contributed by atoms with van der Waals surface area (Å²) in [5.74, 6) is -1.30. The van der Waals surface area contributed by atoms with Crippen molar-refractivity contribution >= 4 is 23.2 Å². The molecule has 5 nitrogen and oxygen atoms in total. The molecule has 2 heterocycles. The number of carboxylic acids is 1. The van der Waals surface area contributed by atoms with Gasteiger partial charge in [-0.25, -0.2) is 0 Å². The molecule has 3 rings (SSSR count). The predicted octanol–water partition coefficient (Wildman–Crippen LogP) is 3.10. The summed E-state index contributed by atoms with van der Waals surface area (Å²) in [4.78, 5) is 27.9. The number of nitrogens with one attached hydrogen (secondary N) is 1. The molecule has 1 saturated carbocycles. The van der Waals surface area contributed by atoms with Crippen molar-refractivity contribution in [2.24, 2.45) is 5.92 Å². The Morgan fingerprint density at radius 3 is 2.74 bits per heavy atom. The summed E-state index contributed by atoms with van der Waals surface area (Å²) in [6.07, 6.45) is 1.83. The second-order valence-corrected chi connectivity index (χ2v) is 6.64. The molecule has 120 valence electrons. The van der Waals surface area contributed by atoms with Gasteiger partial charge >= 0.3 is 5.97 Å². The quantitative estimate of drug-likeness (QED) is 0.903. The van der Waals surface area contributed by atoms with E-state index in [1.165, 1.54) is 0 Å². The molecule has 2 atom stereocenters. The lowest BCUT2D eigenvalue weighted by molar-refractivity contribution is -0.141. The number of carbonyl (C=O) groups excluding carboxylic acids is 1. The lowest BCUT2D eigenvalue weighted by Gasteiger charge is -2.14. The normalized spacial score (nSPS) is 20.4. The minimum Gasteiger partial charge on any atom is -0.481 e. The Kier molecular flexibility index (Phi) is 4.43. The van der Waals surface area contributed by atoms with Gasteiger partial charge in [0.05, 0.1) is 22.9 Å². The fourth-order valence-corrected chi connectivity index (χ4v) is 3.62. The van der Waals surface area contributed by atoms with Crippen LogP contribution in [0, 0.1) is 12.8 Å². The van der Waals surface area contributed by atoms with Crippen molar-refractivity contribution in [2.75, 3.05) is 0 Å². The number of amides is 1. The predicted molar refractivity (Wildman–Crippen MR) is 88.5 cm³/mol. The molecule has 2 aromatic rings. The standard InChI is InChI=1S/C17H18N2O3S/c1-10-14(4-5-15(18-10)12-6-7-23-9-12)16(20)19-13-3-2-11(8-13)17(21)22/h4-7,9,11,13H,2-3,8H2,1H3,(H,19,20)(H,21,22)/t11-,13+/m0/s1. The van der Waals surface area contributed by atoms with Crippen molar-refractivity contribution in [1.29, 1.82) is 0 Å². The Morgan fingerprint density at radius 1 is 1.30 bits per heavy atom. The maximum Gasteiger partial charge on any atom is 0.306 e. The maximum absolute atomic E-state index is 12.4. The average Bonchev–Trinajstić information content (AvgIpc) is 3.18. The van der Waals surface area contributed by atoms with Gasteiger partial charge in [0.1, 0.15) is 0 Å². The van der Waals surface area contributed by atoms with Crippen LogP contribution in [0.1, 0.15) is 35.3 Å². The molecule has 0 radical (unpaired) electrons. The van der Waals surface area contributed by atoms with E-state index >= 15 is 0 Å². The van der Waals surface area contributed by atoms with E-state index < -0.39 is 5.97 Å². The van der Waals surface area contributed by atoms with E-state index in [1.54, 1.807) is 17.4 Å². The third-order valence-corrected chi connectivity index (χ3v) is 4.95. The van der Waals surface area contributed by atoms with E-state index in [-0.39, 0.29) is 17.9 Å². The van der Waals surface area contributed by atoms with Crippen LogP contribution in [0.2, 0.25) is 0 Å². The first kappa shape index (κ1) is 15.7. The van der Waals surface area contributed by atoms with Crippen LogP contribution in [0.15, 0.2) is 29.0 Å². The summed E-state index contributed by atoms with van der Waals surface area (Å²) in [5.41, 5.74) is 3.12. The highest BCUT2D eigenvalue weighted by molar-refractivity contribution is 7.08. The molecule has 0 bridgehead atoms. The number of aromatic nitrogens is 1. The number of rotatable bonds is 4. The highest BCUT2D eigenvalue weighted by Gasteiger charge is 2.30. The molecule has 1 amide bonds. The second-order valence-electron chi connectivity index (χ2n) is 5.86. The Hall–Kier alpha value is -2.21. The Labute approximate surface area is 138 Å². The first-order chi connectivity index (χ1) is 11.0. The zero-order valence-electron chi connectivity index (χ0n) is 12.8. The molecule has 1 aliphatic rings. The van der Waals surface area contributed by atoms with Gasteiger partial charge in [0.2, 0.25) is 0 Å². The summed E-state index contributed by atoms with van der Waals surface area (Å²) in [6.45, 7) is 1.82. The highest BCUT2D eigenvalue weighted by atomic mass is 32.1. The molecule has 0 saturated heterocycles. The van der Waals surface area contributed by atoms with Crippen LogP contribution in [0.5, 0.6) is 0 Å². The summed E-state index contributed by atoms with van der Waals surface area (Å²) in [5, 5.41) is 16.0. The molecule has 2 aromatic heterocycles. The number of aryl methyl sites for hydroxylation is 1. The van der Waals surface area contributed by atoms with E-state index in [0.29, 0.717) is 30.5 Å². The number of carbonyl (C=O) groups is 2. The van der Waals surface area contributed by atoms with Crippen LogP contribution in [-0.2, 0) is 4.79 Å². The lowest BCUT2D eigenvalue weighted by Crippen LogP contribution is -2.33. The van der Waals surface area contributed by atoms with Gasteiger partial charge in [-0.2, -0.15) is 11.3 Å². The van der Waals surface area contributed by atoms with Crippen molar-refractivity contribution in [2.45, 2.75) is 32.2 Å². The molecule has 0 aromatic carbocycles. The topological polar surface area (TPSA) is 79.3 Å². The number of nitrogens with zero attached hydrogens (tertiary/aromatic N) is 1. The molecule has 0 spiro atoms. The maximum atomic E-state index is 12.4. The summed E-state index contributed by atoms with van der Waals surface area (Å²) in [7, 11) is 0. The number of aliphatic carboxylic acids is 1. The molecular weight excluding hydrogens is 312 g/mol. The fraction of sp³-hybridized carbons (Fsp3) is 0.353. The third kappa shape index (κ3) is 3.42. The summed E-state index contributed by atoms with van der Waals surface area (Å²) < 4.78 is 0. The van der Waals surface area contributed by atoms with Crippen molar-refractivity contribution in [1.82, 2.24) is 10.3 Å². The third-order valence-electron chi connectivity index (χ3n) is 4.26. The van der Waals surface area contributed by atoms with Crippen molar-refractivity contribution < 1.29 is 14.7 Å². The SMILES string of the molecule is Cc1nc(-c2ccsc2)ccc1C(=O)N[C@@H]1CC[C@H](C(=O)O)C1. The largest absolute Gasteiger partial charge is 0.481 e. The van der Waals surface area contributed by atoms with E-state index in [1.807, 2.05) is 29.8 Å². The van der Waals surface area contributed by atoms with Crippen LogP contribution in [-0.4, -0.2) is 28.0 Å². The molecule has 6 heteroatoms. The van der Waals surface area contributed by atoms with Gasteiger partial charge in [0, 0.05) is 17.0 Å². The van der Waals surface area contributed by atoms with Crippen LogP contribution >= 0.6 is 11.3 Å². The van der Waals surface area contributed by atoms with Crippen molar-refractivity contribution in [3.63, 3.8) is 0 Å². The van der Waals surface area contributed by atoms with Gasteiger partial charge in [0.25, 0.3) is 5.91 Å². The molecule has 1 fully saturated rings. The van der Waals surface area contributed by atoms with Gasteiger partial charge in [0.15, 0.2) is 0 Å². The van der Waals surface area contributed by atoms with E-state index in [9.17, 15) is 9.59 Å². The Bertz CT molecular complexity index is 727. The van der Waals surface area contributed by atoms with Crippen molar-refractivity contribution in [3.05, 3.63) is 40.2 Å². The number of carboxylic acid groups (broad SMARTS) is 1. The monoisotopic (exact) mass is 330 g/mol. The lowest BCUT2D eigenvalue weighted by atomic mass is 10.1. The van der Waals surface area contributed by atoms with Gasteiger partial charge in [-0.15, -0.1) is 0 Å². The van der Waals surface area contributed by atoms with Crippen LogP contribution in [0.25, 0.3) is 11.3 Å². The van der Waals surface area contributed by atoms with Gasteiger partial charge in [-0.05, 0) is 49.8 Å². The minimum absolute atomic E-state index is 0.0699. The highest BCUT2D eigenvalue weighted by Crippen LogP contribution is 2.26. The fourth-order valence-electron chi connectivity index (χ4n) is 2.97. The molecule has 1 aliphatic carbocycles. The summed E-state index contributed by atoms with van der Waals surface area (Å²) >= 11 is 1.61. The molecule has 0 unspecified atom stereocenters. The number of hydrogen-bond donors (Lipinski definition) is 2. The van der Waals surface area contributed by atoms with Gasteiger partial charge < -0.3 is 10.4 Å². The van der Waals surface area contributed by atoms with E-state index in [2.05, 4.69) is 10.3 Å². The Balaban J connectivity index is 1.69. The average molecular weight is 330 g/mol. The van der Waals surface area contributed by atoms with Crippen molar-refractivity contribution in [3.8, 4) is 11.3 Å². The molecular formula is C17H18N2O3S. The van der Waals surface area contributed by atoms with E-state index in [0.717, 1.165) is 11.3 Å². The second kappa shape index (κ2) is 6.50. The smallest absolute Gasteiger partial charge is 0.306 e. The zero-order valence-corrected chi connectivity index (χ0v) is 13.6. The zero-order chi connectivity index (χ0) is 16.4. The van der Waals surface area contributed by atoms with Gasteiger partial charge in [-0.1, -0.05) is 0 Å². The van der Waals surface area contributed by atoms with E-state index in [4.69, 9.17) is 5.11 Å². The first-order valence-corrected chi connectivity index (χ1v) is 8.52. The number of hydrogen-bond acceptors (Lipinski definition) is 4. The molecule has 2 N–H and O–H groups in total. The van der Waals surface area contributed by atoms with Crippen LogP contribution in [0.4, 0.5) is 0 Å². The number of thiophene rings is 1. The Morgan fingerprint density at radius 2 is 2.13 bits per heavy atom. The molecule has 23 heavy (non-hydrogen) atoms. The summed E-state index contributed by atoms with van der Waals surface area (Å²) in [6, 6.07) is 5.56. The van der Waals surface area contributed by atoms with Gasteiger partial charge in [-0.3, -0.25) is 14.6 Å². The first-order valence-electron chi connectivity index (χ1n) is 7.58. The van der Waals surface area contributed by atoms with Crippen LogP contribution in [0.3, 0.4) is 0 Å². The minimum atomic E-state index is -0.778.